The van der Waals surface area contributed by atoms with E-state index in [4.69, 9.17) is 4.74 Å². The van der Waals surface area contributed by atoms with E-state index < -0.39 is 0 Å². The molecule has 2 aliphatic rings. The van der Waals surface area contributed by atoms with Gasteiger partial charge in [0.2, 0.25) is 5.91 Å². The van der Waals surface area contributed by atoms with Gasteiger partial charge in [-0.2, -0.15) is 5.10 Å². The van der Waals surface area contributed by atoms with Crippen LogP contribution in [0.15, 0.2) is 36.5 Å². The number of aromatic nitrogens is 2. The van der Waals surface area contributed by atoms with Gasteiger partial charge in [0, 0.05) is 50.3 Å². The molecule has 1 aromatic heterocycles. The van der Waals surface area contributed by atoms with Gasteiger partial charge in [-0.1, -0.05) is 30.3 Å². The van der Waals surface area contributed by atoms with Gasteiger partial charge in [-0.3, -0.25) is 9.89 Å². The van der Waals surface area contributed by atoms with Gasteiger partial charge in [-0.25, -0.2) is 0 Å². The molecule has 0 spiro atoms. The van der Waals surface area contributed by atoms with Crippen molar-refractivity contribution in [3.05, 3.63) is 53.3 Å². The third kappa shape index (κ3) is 3.83. The maximum Gasteiger partial charge on any atom is 0.225 e. The van der Waals surface area contributed by atoms with Crippen molar-refractivity contribution < 1.29 is 9.53 Å². The van der Waals surface area contributed by atoms with Crippen molar-refractivity contribution in [3.8, 4) is 0 Å². The van der Waals surface area contributed by atoms with Crippen LogP contribution in [0.3, 0.4) is 0 Å². The normalized spacial score (nSPS) is 21.7. The first-order valence-electron chi connectivity index (χ1n) is 9.74. The Labute approximate surface area is 154 Å². The van der Waals surface area contributed by atoms with Gasteiger partial charge < -0.3 is 9.64 Å². The lowest BCUT2D eigenvalue weighted by Crippen LogP contribution is -2.43. The molecule has 0 aliphatic carbocycles. The molecule has 5 heteroatoms. The predicted molar refractivity (Wildman–Crippen MR) is 99.9 cm³/mol. The fourth-order valence-electron chi connectivity index (χ4n) is 4.25. The number of H-pyrrole nitrogens is 1. The molecule has 0 saturated carbocycles. The Bertz CT molecular complexity index is 722. The molecule has 2 saturated heterocycles. The number of nitrogens with zero attached hydrogens (tertiary/aromatic N) is 2. The predicted octanol–water partition coefficient (Wildman–Crippen LogP) is 3.13. The third-order valence-electron chi connectivity index (χ3n) is 5.70. The Morgan fingerprint density at radius 1 is 1.19 bits per heavy atom. The molecule has 3 heterocycles. The highest BCUT2D eigenvalue weighted by atomic mass is 16.5. The van der Waals surface area contributed by atoms with Crippen LogP contribution in [0.2, 0.25) is 0 Å². The second-order valence-corrected chi connectivity index (χ2v) is 7.48. The van der Waals surface area contributed by atoms with Crippen LogP contribution in [0, 0.1) is 5.92 Å². The highest BCUT2D eigenvalue weighted by molar-refractivity contribution is 5.79. The Balaban J connectivity index is 1.45. The third-order valence-corrected chi connectivity index (χ3v) is 5.70. The van der Waals surface area contributed by atoms with Crippen molar-refractivity contribution in [2.45, 2.75) is 38.0 Å². The van der Waals surface area contributed by atoms with Crippen LogP contribution >= 0.6 is 0 Å². The highest BCUT2D eigenvalue weighted by Gasteiger charge is 2.31. The van der Waals surface area contributed by atoms with Gasteiger partial charge in [0.25, 0.3) is 0 Å². The summed E-state index contributed by atoms with van der Waals surface area (Å²) in [5.41, 5.74) is 3.75. The molecule has 1 amide bonds. The number of aromatic amines is 1. The Hall–Kier alpha value is -2.14. The number of likely N-dealkylation sites (tertiary alicyclic amines) is 1. The van der Waals surface area contributed by atoms with Crippen molar-refractivity contribution in [3.63, 3.8) is 0 Å². The largest absolute Gasteiger partial charge is 0.381 e. The summed E-state index contributed by atoms with van der Waals surface area (Å²) in [5, 5.41) is 7.54. The SMILES string of the molecule is O=C(C1CCOCC1)N1CCCC(c2[nH]ncc2Cc2ccccc2)C1. The molecule has 1 unspecified atom stereocenters. The highest BCUT2D eigenvalue weighted by Crippen LogP contribution is 2.30. The second kappa shape index (κ2) is 8.04. The Morgan fingerprint density at radius 2 is 2.00 bits per heavy atom. The molecule has 0 bridgehead atoms. The zero-order valence-electron chi connectivity index (χ0n) is 15.2. The van der Waals surface area contributed by atoms with Crippen molar-refractivity contribution in [2.24, 2.45) is 5.92 Å². The van der Waals surface area contributed by atoms with Crippen LogP contribution < -0.4 is 0 Å². The average molecular weight is 353 g/mol. The lowest BCUT2D eigenvalue weighted by molar-refractivity contribution is -0.139. The minimum atomic E-state index is 0.146. The lowest BCUT2D eigenvalue weighted by Gasteiger charge is -2.35. The van der Waals surface area contributed by atoms with Crippen molar-refractivity contribution in [2.75, 3.05) is 26.3 Å². The summed E-state index contributed by atoms with van der Waals surface area (Å²) >= 11 is 0. The zero-order valence-corrected chi connectivity index (χ0v) is 15.2. The first kappa shape index (κ1) is 17.3. The first-order chi connectivity index (χ1) is 12.8. The fraction of sp³-hybridized carbons (Fsp3) is 0.524. The standard InChI is InChI=1S/C21H27N3O2/c25-21(17-8-11-26-12-9-17)24-10-4-7-18(15-24)20-19(14-22-23-20)13-16-5-2-1-3-6-16/h1-3,5-6,14,17-18H,4,7-13,15H2,(H,22,23). The summed E-state index contributed by atoms with van der Waals surface area (Å²) in [6.45, 7) is 3.12. The van der Waals surface area contributed by atoms with E-state index in [1.807, 2.05) is 12.3 Å². The van der Waals surface area contributed by atoms with E-state index in [-0.39, 0.29) is 5.92 Å². The molecule has 1 atom stereocenters. The summed E-state index contributed by atoms with van der Waals surface area (Å²) in [7, 11) is 0. The monoisotopic (exact) mass is 353 g/mol. The lowest BCUT2D eigenvalue weighted by atomic mass is 9.89. The van der Waals surface area contributed by atoms with Crippen molar-refractivity contribution in [1.29, 1.82) is 0 Å². The number of carbonyl (C=O) groups excluding carboxylic acids is 1. The van der Waals surface area contributed by atoms with Crippen LogP contribution in [-0.4, -0.2) is 47.3 Å². The zero-order chi connectivity index (χ0) is 17.8. The Morgan fingerprint density at radius 3 is 2.81 bits per heavy atom. The van der Waals surface area contributed by atoms with E-state index in [0.29, 0.717) is 11.8 Å². The topological polar surface area (TPSA) is 58.2 Å². The molecule has 26 heavy (non-hydrogen) atoms. The maximum absolute atomic E-state index is 12.9. The Kier molecular flexibility index (Phi) is 5.34. The van der Waals surface area contributed by atoms with E-state index in [9.17, 15) is 4.79 Å². The molecule has 4 rings (SSSR count). The molecule has 2 fully saturated rings. The van der Waals surface area contributed by atoms with Gasteiger partial charge in [-0.15, -0.1) is 0 Å². The fourth-order valence-corrected chi connectivity index (χ4v) is 4.25. The van der Waals surface area contributed by atoms with Gasteiger partial charge >= 0.3 is 0 Å². The van der Waals surface area contributed by atoms with E-state index >= 15 is 0 Å². The quantitative estimate of drug-likeness (QED) is 0.919. The van der Waals surface area contributed by atoms with Crippen LogP contribution in [0.25, 0.3) is 0 Å². The number of hydrogen-bond acceptors (Lipinski definition) is 3. The van der Waals surface area contributed by atoms with Gasteiger partial charge in [-0.05, 0) is 36.8 Å². The van der Waals surface area contributed by atoms with E-state index in [1.165, 1.54) is 16.8 Å². The molecule has 2 aromatic rings. The summed E-state index contributed by atoms with van der Waals surface area (Å²) in [6.07, 6.45) is 6.73. The van der Waals surface area contributed by atoms with Gasteiger partial charge in [0.05, 0.1) is 6.20 Å². The van der Waals surface area contributed by atoms with E-state index in [1.54, 1.807) is 0 Å². The number of benzene rings is 1. The molecule has 138 valence electrons. The molecular formula is C21H27N3O2. The number of ether oxygens (including phenoxy) is 1. The maximum atomic E-state index is 12.9. The average Bonchev–Trinajstić information content (AvgIpc) is 3.17. The first-order valence-corrected chi connectivity index (χ1v) is 9.74. The minimum Gasteiger partial charge on any atom is -0.381 e. The number of amides is 1. The molecule has 2 aliphatic heterocycles. The molecule has 5 nitrogen and oxygen atoms in total. The minimum absolute atomic E-state index is 0.146. The summed E-state index contributed by atoms with van der Waals surface area (Å²) in [4.78, 5) is 15.0. The molecule has 1 aromatic carbocycles. The van der Waals surface area contributed by atoms with Crippen molar-refractivity contribution >= 4 is 5.91 Å². The summed E-state index contributed by atoms with van der Waals surface area (Å²) < 4.78 is 5.41. The van der Waals surface area contributed by atoms with Crippen LogP contribution in [0.5, 0.6) is 0 Å². The number of piperidine rings is 1. The second-order valence-electron chi connectivity index (χ2n) is 7.48. The van der Waals surface area contributed by atoms with Gasteiger partial charge in [0.1, 0.15) is 0 Å². The molecule has 0 radical (unpaired) electrons. The summed E-state index contributed by atoms with van der Waals surface area (Å²) in [6, 6.07) is 10.5. The number of rotatable bonds is 4. The number of nitrogens with one attached hydrogen (secondary N) is 1. The number of hydrogen-bond donors (Lipinski definition) is 1. The van der Waals surface area contributed by atoms with Gasteiger partial charge in [0.15, 0.2) is 0 Å². The van der Waals surface area contributed by atoms with Crippen molar-refractivity contribution in [1.82, 2.24) is 15.1 Å². The smallest absolute Gasteiger partial charge is 0.225 e. The molecule has 1 N–H and O–H groups in total. The van der Waals surface area contributed by atoms with Crippen LogP contribution in [0.4, 0.5) is 0 Å². The van der Waals surface area contributed by atoms with E-state index in [2.05, 4.69) is 39.4 Å². The molecular weight excluding hydrogens is 326 g/mol. The van der Waals surface area contributed by atoms with E-state index in [0.717, 1.165) is 58.4 Å². The number of carbonyl (C=O) groups is 1. The summed E-state index contributed by atoms with van der Waals surface area (Å²) in [5.74, 6) is 0.823. The van der Waals surface area contributed by atoms with Crippen LogP contribution in [0.1, 0.15) is 48.4 Å². The van der Waals surface area contributed by atoms with Crippen LogP contribution in [-0.2, 0) is 16.0 Å².